The first-order valence-corrected chi connectivity index (χ1v) is 7.45. The highest BCUT2D eigenvalue weighted by Gasteiger charge is 2.13. The van der Waals surface area contributed by atoms with Crippen molar-refractivity contribution >= 4 is 16.8 Å². The average Bonchev–Trinajstić information content (AvgIpc) is 3.02. The topological polar surface area (TPSA) is 62.6 Å². The maximum absolute atomic E-state index is 12.6. The summed E-state index contributed by atoms with van der Waals surface area (Å²) in [5, 5.41) is 0. The van der Waals surface area contributed by atoms with Gasteiger partial charge in [0.05, 0.1) is 31.0 Å². The van der Waals surface area contributed by atoms with Crippen molar-refractivity contribution < 1.29 is 19.0 Å². The Morgan fingerprint density at radius 1 is 1.12 bits per heavy atom. The summed E-state index contributed by atoms with van der Waals surface area (Å²) >= 11 is 0. The lowest BCUT2D eigenvalue weighted by Gasteiger charge is -2.11. The van der Waals surface area contributed by atoms with E-state index in [1.807, 2.05) is 28.8 Å². The summed E-state index contributed by atoms with van der Waals surface area (Å²) in [4.78, 5) is 16.9. The Morgan fingerprint density at radius 3 is 2.75 bits per heavy atom. The van der Waals surface area contributed by atoms with Crippen LogP contribution in [0.25, 0.3) is 11.0 Å². The van der Waals surface area contributed by atoms with Crippen LogP contribution in [0, 0.1) is 0 Å². The fourth-order valence-electron chi connectivity index (χ4n) is 2.46. The molecule has 1 heterocycles. The Bertz CT molecular complexity index is 857. The summed E-state index contributed by atoms with van der Waals surface area (Å²) in [6.45, 7) is 0.326. The summed E-state index contributed by atoms with van der Waals surface area (Å²) < 4.78 is 17.4. The van der Waals surface area contributed by atoms with Crippen molar-refractivity contribution in [2.45, 2.75) is 6.54 Å². The summed E-state index contributed by atoms with van der Waals surface area (Å²) in [5.74, 6) is 0.993. The number of nitrogens with zero attached hydrogens (tertiary/aromatic N) is 2. The number of hydrogen-bond donors (Lipinski definition) is 0. The largest absolute Gasteiger partial charge is 0.493 e. The lowest BCUT2D eigenvalue weighted by atomic mass is 10.1. The highest BCUT2D eigenvalue weighted by Crippen LogP contribution is 2.28. The molecule has 0 atom stereocenters. The Kier molecular flexibility index (Phi) is 4.77. The highest BCUT2D eigenvalue weighted by atomic mass is 16.7. The van der Waals surface area contributed by atoms with E-state index in [0.717, 1.165) is 11.0 Å². The monoisotopic (exact) mass is 326 g/mol. The number of imidazole rings is 1. The van der Waals surface area contributed by atoms with E-state index in [1.165, 1.54) is 7.11 Å². The van der Waals surface area contributed by atoms with Gasteiger partial charge in [0.25, 0.3) is 0 Å². The lowest BCUT2D eigenvalue weighted by molar-refractivity contribution is 0.0491. The molecular weight excluding hydrogens is 308 g/mol. The molecule has 0 aliphatic rings. The Hall–Kier alpha value is -2.86. The van der Waals surface area contributed by atoms with Gasteiger partial charge in [-0.15, -0.1) is 0 Å². The summed E-state index contributed by atoms with van der Waals surface area (Å²) in [6, 6.07) is 12.8. The number of benzene rings is 2. The standard InChI is InChI=1S/C18H18N2O4/c1-22-12-24-17-8-7-13(9-18(17)23-2)16(21)10-20-11-19-14-5-3-4-6-15(14)20/h3-9,11H,10,12H2,1-2H3. The molecule has 3 aromatic rings. The van der Waals surface area contributed by atoms with Gasteiger partial charge in [-0.25, -0.2) is 4.98 Å². The van der Waals surface area contributed by atoms with Gasteiger partial charge in [0.2, 0.25) is 0 Å². The molecule has 2 aromatic carbocycles. The van der Waals surface area contributed by atoms with E-state index < -0.39 is 0 Å². The van der Waals surface area contributed by atoms with Crippen molar-refractivity contribution in [2.24, 2.45) is 0 Å². The molecular formula is C18H18N2O4. The van der Waals surface area contributed by atoms with Crippen LogP contribution in [0.15, 0.2) is 48.8 Å². The molecule has 0 bridgehead atoms. The number of ether oxygens (including phenoxy) is 3. The van der Waals surface area contributed by atoms with Gasteiger partial charge in [0.15, 0.2) is 24.1 Å². The lowest BCUT2D eigenvalue weighted by Crippen LogP contribution is -2.10. The van der Waals surface area contributed by atoms with Gasteiger partial charge in [0, 0.05) is 12.7 Å². The minimum Gasteiger partial charge on any atom is -0.493 e. The van der Waals surface area contributed by atoms with Gasteiger partial charge in [0.1, 0.15) is 0 Å². The van der Waals surface area contributed by atoms with Crippen LogP contribution in [0.4, 0.5) is 0 Å². The number of aromatic nitrogens is 2. The van der Waals surface area contributed by atoms with E-state index in [4.69, 9.17) is 14.2 Å². The average molecular weight is 326 g/mol. The minimum absolute atomic E-state index is 0.0326. The second-order valence-electron chi connectivity index (χ2n) is 5.20. The molecule has 0 amide bonds. The summed E-state index contributed by atoms with van der Waals surface area (Å²) in [5.41, 5.74) is 2.35. The number of carbonyl (C=O) groups excluding carboxylic acids is 1. The molecule has 1 aromatic heterocycles. The van der Waals surface area contributed by atoms with Crippen molar-refractivity contribution in [1.82, 2.24) is 9.55 Å². The highest BCUT2D eigenvalue weighted by molar-refractivity contribution is 5.97. The van der Waals surface area contributed by atoms with Crippen LogP contribution in [0.1, 0.15) is 10.4 Å². The summed E-state index contributed by atoms with van der Waals surface area (Å²) in [6.07, 6.45) is 1.68. The van der Waals surface area contributed by atoms with Gasteiger partial charge in [-0.05, 0) is 30.3 Å². The van der Waals surface area contributed by atoms with Crippen LogP contribution in [0.3, 0.4) is 0 Å². The Balaban J connectivity index is 1.82. The molecule has 24 heavy (non-hydrogen) atoms. The number of methoxy groups -OCH3 is 2. The number of ketones is 1. The third-order valence-corrected chi connectivity index (χ3v) is 3.66. The number of Topliss-reactive ketones (excluding diaryl/α,β-unsaturated/α-hetero) is 1. The van der Waals surface area contributed by atoms with Crippen LogP contribution >= 0.6 is 0 Å². The van der Waals surface area contributed by atoms with Crippen LogP contribution in [-0.2, 0) is 11.3 Å². The molecule has 0 unspecified atom stereocenters. The molecule has 0 saturated carbocycles. The van der Waals surface area contributed by atoms with Crippen molar-refractivity contribution in [3.05, 3.63) is 54.4 Å². The number of hydrogen-bond acceptors (Lipinski definition) is 5. The molecule has 0 spiro atoms. The predicted octanol–water partition coefficient (Wildman–Crippen LogP) is 2.91. The first kappa shape index (κ1) is 16.0. The number of carbonyl (C=O) groups is 1. The van der Waals surface area contributed by atoms with Crippen LogP contribution in [0.5, 0.6) is 11.5 Å². The smallest absolute Gasteiger partial charge is 0.188 e. The second kappa shape index (κ2) is 7.14. The first-order valence-electron chi connectivity index (χ1n) is 7.45. The van der Waals surface area contributed by atoms with E-state index in [9.17, 15) is 4.79 Å². The zero-order chi connectivity index (χ0) is 16.9. The molecule has 0 saturated heterocycles. The SMILES string of the molecule is COCOc1ccc(C(=O)Cn2cnc3ccccc32)cc1OC. The fraction of sp³-hybridized carbons (Fsp3) is 0.222. The van der Waals surface area contributed by atoms with E-state index in [0.29, 0.717) is 17.1 Å². The van der Waals surface area contributed by atoms with E-state index >= 15 is 0 Å². The Labute approximate surface area is 139 Å². The van der Waals surface area contributed by atoms with E-state index in [2.05, 4.69) is 4.98 Å². The van der Waals surface area contributed by atoms with Crippen LogP contribution in [0.2, 0.25) is 0 Å². The van der Waals surface area contributed by atoms with Crippen LogP contribution < -0.4 is 9.47 Å². The number of rotatable bonds is 7. The molecule has 0 aliphatic carbocycles. The molecule has 0 fully saturated rings. The maximum atomic E-state index is 12.6. The Morgan fingerprint density at radius 2 is 1.96 bits per heavy atom. The van der Waals surface area contributed by atoms with Crippen molar-refractivity contribution in [3.63, 3.8) is 0 Å². The molecule has 6 nitrogen and oxygen atoms in total. The van der Waals surface area contributed by atoms with Crippen molar-refractivity contribution in [2.75, 3.05) is 21.0 Å². The summed E-state index contributed by atoms with van der Waals surface area (Å²) in [7, 11) is 3.08. The van der Waals surface area contributed by atoms with Gasteiger partial charge >= 0.3 is 0 Å². The molecule has 6 heteroatoms. The van der Waals surface area contributed by atoms with E-state index in [1.54, 1.807) is 31.6 Å². The van der Waals surface area contributed by atoms with Gasteiger partial charge in [-0.2, -0.15) is 0 Å². The predicted molar refractivity (Wildman–Crippen MR) is 89.6 cm³/mol. The number of fused-ring (bicyclic) bond motifs is 1. The fourth-order valence-corrected chi connectivity index (χ4v) is 2.46. The quantitative estimate of drug-likeness (QED) is 0.493. The van der Waals surface area contributed by atoms with Crippen molar-refractivity contribution in [1.29, 1.82) is 0 Å². The van der Waals surface area contributed by atoms with Gasteiger partial charge in [-0.1, -0.05) is 12.1 Å². The molecule has 3 rings (SSSR count). The first-order chi connectivity index (χ1) is 11.7. The third kappa shape index (κ3) is 3.23. The minimum atomic E-state index is -0.0326. The van der Waals surface area contributed by atoms with Crippen LogP contribution in [-0.4, -0.2) is 36.3 Å². The van der Waals surface area contributed by atoms with Gasteiger partial charge in [-0.3, -0.25) is 4.79 Å². The third-order valence-electron chi connectivity index (χ3n) is 3.66. The zero-order valence-corrected chi connectivity index (χ0v) is 13.6. The van der Waals surface area contributed by atoms with E-state index in [-0.39, 0.29) is 19.1 Å². The van der Waals surface area contributed by atoms with Crippen molar-refractivity contribution in [3.8, 4) is 11.5 Å². The number of para-hydroxylation sites is 2. The second-order valence-corrected chi connectivity index (χ2v) is 5.20. The molecule has 0 N–H and O–H groups in total. The molecule has 0 aliphatic heterocycles. The molecule has 124 valence electrons. The molecule has 0 radical (unpaired) electrons. The normalized spacial score (nSPS) is 10.8. The maximum Gasteiger partial charge on any atom is 0.188 e. The zero-order valence-electron chi connectivity index (χ0n) is 13.6. The van der Waals surface area contributed by atoms with Gasteiger partial charge < -0.3 is 18.8 Å².